The van der Waals surface area contributed by atoms with Crippen LogP contribution in [-0.2, 0) is 38.8 Å². The first kappa shape index (κ1) is 23.0. The predicted octanol–water partition coefficient (Wildman–Crippen LogP) is 4.83. The molecule has 0 bridgehead atoms. The lowest BCUT2D eigenvalue weighted by Crippen LogP contribution is -2.35. The number of nitrogens with one attached hydrogen (secondary N) is 1. The lowest BCUT2D eigenvalue weighted by atomic mass is 10.1. The van der Waals surface area contributed by atoms with Gasteiger partial charge in [0.05, 0.1) is 25.9 Å². The Labute approximate surface area is 194 Å². The summed E-state index contributed by atoms with van der Waals surface area (Å²) in [5.41, 5.74) is 3.10. The van der Waals surface area contributed by atoms with E-state index < -0.39 is 12.3 Å². The highest BCUT2D eigenvalue weighted by Gasteiger charge is 2.37. The third-order valence-electron chi connectivity index (χ3n) is 5.39. The average Bonchev–Trinajstić information content (AvgIpc) is 3.24. The molecule has 1 aliphatic heterocycles. The van der Waals surface area contributed by atoms with E-state index in [1.165, 1.54) is 0 Å². The fourth-order valence-corrected chi connectivity index (χ4v) is 3.67. The van der Waals surface area contributed by atoms with Crippen molar-refractivity contribution in [2.24, 2.45) is 0 Å². The molecule has 3 aromatic rings. The van der Waals surface area contributed by atoms with Gasteiger partial charge in [0.25, 0.3) is 0 Å². The largest absolute Gasteiger partial charge is 0.445 e. The molecule has 6 heteroatoms. The quantitative estimate of drug-likeness (QED) is 0.482. The first-order chi connectivity index (χ1) is 16.3. The number of carbonyl (C=O) groups is 1. The third kappa shape index (κ3) is 7.43. The van der Waals surface area contributed by atoms with Gasteiger partial charge >= 0.3 is 6.09 Å². The summed E-state index contributed by atoms with van der Waals surface area (Å²) in [5.74, 6) is 0. The molecule has 0 spiro atoms. The minimum atomic E-state index is -0.517. The summed E-state index contributed by atoms with van der Waals surface area (Å²) >= 11 is 0. The molecule has 1 fully saturated rings. The van der Waals surface area contributed by atoms with E-state index in [0.717, 1.165) is 16.7 Å². The lowest BCUT2D eigenvalue weighted by molar-refractivity contribution is -0.0745. The third-order valence-corrected chi connectivity index (χ3v) is 5.39. The van der Waals surface area contributed by atoms with E-state index in [2.05, 4.69) is 5.32 Å². The minimum absolute atomic E-state index is 0.205. The SMILES string of the molecule is O=C(NC1C[C@H](OCc2ccccc2)[C@@H](COCc2ccccc2)O1)OCc1ccccc1. The van der Waals surface area contributed by atoms with E-state index in [0.29, 0.717) is 26.2 Å². The van der Waals surface area contributed by atoms with E-state index in [1.54, 1.807) is 0 Å². The van der Waals surface area contributed by atoms with E-state index in [1.807, 2.05) is 91.0 Å². The van der Waals surface area contributed by atoms with Gasteiger partial charge in [-0.25, -0.2) is 4.79 Å². The average molecular weight is 448 g/mol. The monoisotopic (exact) mass is 447 g/mol. The molecular weight excluding hydrogens is 418 g/mol. The zero-order valence-corrected chi connectivity index (χ0v) is 18.5. The van der Waals surface area contributed by atoms with Crippen LogP contribution in [0.4, 0.5) is 4.79 Å². The highest BCUT2D eigenvalue weighted by atomic mass is 16.6. The number of amides is 1. The van der Waals surface area contributed by atoms with Crippen LogP contribution in [0.3, 0.4) is 0 Å². The van der Waals surface area contributed by atoms with Crippen LogP contribution in [0, 0.1) is 0 Å². The Morgan fingerprint density at radius 2 is 1.33 bits per heavy atom. The van der Waals surface area contributed by atoms with Gasteiger partial charge in [-0.05, 0) is 16.7 Å². The summed E-state index contributed by atoms with van der Waals surface area (Å²) in [6.07, 6.45) is -1.000. The van der Waals surface area contributed by atoms with Crippen molar-refractivity contribution in [2.45, 2.75) is 44.7 Å². The Bertz CT molecular complexity index is 968. The number of hydrogen-bond donors (Lipinski definition) is 1. The normalized spacial score (nSPS) is 19.8. The molecule has 1 heterocycles. The second kappa shape index (κ2) is 12.2. The van der Waals surface area contributed by atoms with Crippen molar-refractivity contribution in [1.82, 2.24) is 5.32 Å². The van der Waals surface area contributed by atoms with Crippen LogP contribution in [0.5, 0.6) is 0 Å². The molecule has 0 radical (unpaired) electrons. The zero-order chi connectivity index (χ0) is 22.7. The molecule has 172 valence electrons. The molecular formula is C27H29NO5. The number of alkyl carbamates (subject to hydrolysis) is 1. The molecule has 0 saturated carbocycles. The van der Waals surface area contributed by atoms with Crippen LogP contribution in [0.25, 0.3) is 0 Å². The first-order valence-corrected chi connectivity index (χ1v) is 11.2. The molecule has 1 saturated heterocycles. The van der Waals surface area contributed by atoms with Gasteiger partial charge < -0.3 is 18.9 Å². The van der Waals surface area contributed by atoms with Crippen LogP contribution < -0.4 is 5.32 Å². The van der Waals surface area contributed by atoms with Gasteiger partial charge in [-0.1, -0.05) is 91.0 Å². The summed E-state index contributed by atoms with van der Waals surface area (Å²) in [6.45, 7) is 1.53. The summed E-state index contributed by atoms with van der Waals surface area (Å²) in [5, 5.41) is 2.80. The summed E-state index contributed by atoms with van der Waals surface area (Å²) in [7, 11) is 0. The van der Waals surface area contributed by atoms with Gasteiger partial charge in [0, 0.05) is 6.42 Å². The van der Waals surface area contributed by atoms with Crippen molar-refractivity contribution in [2.75, 3.05) is 6.61 Å². The Morgan fingerprint density at radius 1 is 0.788 bits per heavy atom. The molecule has 0 aromatic heterocycles. The second-order valence-electron chi connectivity index (χ2n) is 7.94. The standard InChI is InChI=1S/C27H29NO5/c29-27(32-19-23-14-8-3-9-15-23)28-26-16-24(31-18-22-12-6-2-7-13-22)25(33-26)20-30-17-21-10-4-1-5-11-21/h1-15,24-26H,16-20H2,(H,28,29)/t24-,25+,26?/m0/s1. The Morgan fingerprint density at radius 3 is 1.94 bits per heavy atom. The highest BCUT2D eigenvalue weighted by molar-refractivity contribution is 5.67. The molecule has 6 nitrogen and oxygen atoms in total. The van der Waals surface area contributed by atoms with E-state index in [4.69, 9.17) is 18.9 Å². The minimum Gasteiger partial charge on any atom is -0.445 e. The fraction of sp³-hybridized carbons (Fsp3) is 0.296. The number of carbonyl (C=O) groups excluding carboxylic acids is 1. The van der Waals surface area contributed by atoms with Gasteiger partial charge in [-0.3, -0.25) is 5.32 Å². The van der Waals surface area contributed by atoms with Crippen molar-refractivity contribution < 1.29 is 23.7 Å². The molecule has 0 aliphatic carbocycles. The van der Waals surface area contributed by atoms with Crippen molar-refractivity contribution in [1.29, 1.82) is 0 Å². The van der Waals surface area contributed by atoms with E-state index in [-0.39, 0.29) is 18.8 Å². The molecule has 4 rings (SSSR count). The van der Waals surface area contributed by atoms with Gasteiger partial charge in [0.2, 0.25) is 0 Å². The molecule has 33 heavy (non-hydrogen) atoms. The molecule has 1 N–H and O–H groups in total. The summed E-state index contributed by atoms with van der Waals surface area (Å²) in [6, 6.07) is 29.5. The number of ether oxygens (including phenoxy) is 4. The lowest BCUT2D eigenvalue weighted by Gasteiger charge is -2.19. The molecule has 1 unspecified atom stereocenters. The number of hydrogen-bond acceptors (Lipinski definition) is 5. The van der Waals surface area contributed by atoms with Crippen LogP contribution in [-0.4, -0.2) is 31.1 Å². The van der Waals surface area contributed by atoms with Crippen molar-refractivity contribution in [3.63, 3.8) is 0 Å². The van der Waals surface area contributed by atoms with Gasteiger partial charge in [-0.2, -0.15) is 0 Å². The number of benzene rings is 3. The van der Waals surface area contributed by atoms with Crippen LogP contribution in [0.15, 0.2) is 91.0 Å². The van der Waals surface area contributed by atoms with Crippen molar-refractivity contribution in [3.05, 3.63) is 108 Å². The van der Waals surface area contributed by atoms with Gasteiger partial charge in [0.1, 0.15) is 18.9 Å². The van der Waals surface area contributed by atoms with Crippen LogP contribution >= 0.6 is 0 Å². The molecule has 1 amide bonds. The Hall–Kier alpha value is -3.19. The Balaban J connectivity index is 1.29. The number of rotatable bonds is 10. The van der Waals surface area contributed by atoms with Crippen LogP contribution in [0.2, 0.25) is 0 Å². The first-order valence-electron chi connectivity index (χ1n) is 11.2. The van der Waals surface area contributed by atoms with Crippen molar-refractivity contribution >= 4 is 6.09 Å². The van der Waals surface area contributed by atoms with Crippen LogP contribution in [0.1, 0.15) is 23.1 Å². The smallest absolute Gasteiger partial charge is 0.409 e. The summed E-state index contributed by atoms with van der Waals surface area (Å²) < 4.78 is 23.4. The van der Waals surface area contributed by atoms with E-state index >= 15 is 0 Å². The summed E-state index contributed by atoms with van der Waals surface area (Å²) in [4.78, 5) is 12.3. The molecule has 3 aromatic carbocycles. The fourth-order valence-electron chi connectivity index (χ4n) is 3.67. The zero-order valence-electron chi connectivity index (χ0n) is 18.5. The second-order valence-corrected chi connectivity index (χ2v) is 7.94. The molecule has 3 atom stereocenters. The maximum atomic E-state index is 12.3. The maximum Gasteiger partial charge on any atom is 0.409 e. The highest BCUT2D eigenvalue weighted by Crippen LogP contribution is 2.24. The maximum absolute atomic E-state index is 12.3. The van der Waals surface area contributed by atoms with Gasteiger partial charge in [-0.15, -0.1) is 0 Å². The van der Waals surface area contributed by atoms with Gasteiger partial charge in [0.15, 0.2) is 0 Å². The Kier molecular flexibility index (Phi) is 8.47. The topological polar surface area (TPSA) is 66.0 Å². The predicted molar refractivity (Wildman–Crippen MR) is 124 cm³/mol. The van der Waals surface area contributed by atoms with E-state index in [9.17, 15) is 4.79 Å². The molecule has 1 aliphatic rings. The van der Waals surface area contributed by atoms with Crippen molar-refractivity contribution in [3.8, 4) is 0 Å².